The third kappa shape index (κ3) is 1.84. The molecule has 1 heterocycles. The Balaban J connectivity index is 2.44. The molecule has 10 heavy (non-hydrogen) atoms. The van der Waals surface area contributed by atoms with Crippen LogP contribution in [-0.4, -0.2) is 12.1 Å². The highest BCUT2D eigenvalue weighted by Gasteiger charge is 2.15. The minimum atomic E-state index is 0.571. The van der Waals surface area contributed by atoms with Gasteiger partial charge in [0.25, 0.3) is 0 Å². The van der Waals surface area contributed by atoms with Gasteiger partial charge in [-0.05, 0) is 19.3 Å². The third-order valence-electron chi connectivity index (χ3n) is 2.10. The van der Waals surface area contributed by atoms with E-state index in [1.807, 2.05) is 0 Å². The van der Waals surface area contributed by atoms with Crippen LogP contribution in [0.25, 0.3) is 0 Å². The molecule has 0 saturated heterocycles. The van der Waals surface area contributed by atoms with E-state index in [1.165, 1.54) is 6.42 Å². The Kier molecular flexibility index (Phi) is 2.50. The van der Waals surface area contributed by atoms with Crippen LogP contribution in [-0.2, 0) is 0 Å². The molecule has 0 aromatic rings. The first-order valence-corrected chi connectivity index (χ1v) is 4.13. The summed E-state index contributed by atoms with van der Waals surface area (Å²) < 4.78 is 0. The summed E-state index contributed by atoms with van der Waals surface area (Å²) in [5, 5.41) is 3.53. The molecule has 0 spiro atoms. The van der Waals surface area contributed by atoms with E-state index in [-0.39, 0.29) is 0 Å². The highest BCUT2D eigenvalue weighted by molar-refractivity contribution is 5.00. The first-order valence-electron chi connectivity index (χ1n) is 4.13. The Hall–Kier alpha value is -0.300. The lowest BCUT2D eigenvalue weighted by Crippen LogP contribution is -2.40. The largest absolute Gasteiger partial charge is 0.307 e. The molecule has 1 rings (SSSR count). The predicted molar refractivity (Wildman–Crippen MR) is 45.0 cm³/mol. The highest BCUT2D eigenvalue weighted by atomic mass is 14.9. The lowest BCUT2D eigenvalue weighted by atomic mass is 9.97. The molecule has 0 bridgehead atoms. The summed E-state index contributed by atoms with van der Waals surface area (Å²) in [6.07, 6.45) is 5.72. The zero-order valence-corrected chi connectivity index (χ0v) is 7.09. The Morgan fingerprint density at radius 2 is 2.20 bits per heavy atom. The van der Waals surface area contributed by atoms with Crippen LogP contribution < -0.4 is 5.32 Å². The van der Waals surface area contributed by atoms with Gasteiger partial charge >= 0.3 is 0 Å². The van der Waals surface area contributed by atoms with Crippen LogP contribution in [0.1, 0.15) is 27.2 Å². The van der Waals surface area contributed by atoms with Crippen molar-refractivity contribution < 1.29 is 0 Å². The third-order valence-corrected chi connectivity index (χ3v) is 2.10. The average Bonchev–Trinajstić information content (AvgIpc) is 1.88. The van der Waals surface area contributed by atoms with E-state index in [4.69, 9.17) is 0 Å². The van der Waals surface area contributed by atoms with Gasteiger partial charge in [0.2, 0.25) is 0 Å². The molecule has 0 amide bonds. The molecule has 1 nitrogen and oxygen atoms in total. The van der Waals surface area contributed by atoms with Crippen LogP contribution in [0.3, 0.4) is 0 Å². The van der Waals surface area contributed by atoms with Gasteiger partial charge in [0.15, 0.2) is 0 Å². The van der Waals surface area contributed by atoms with E-state index < -0.39 is 0 Å². The fourth-order valence-corrected chi connectivity index (χ4v) is 1.36. The van der Waals surface area contributed by atoms with Crippen LogP contribution in [0.4, 0.5) is 0 Å². The van der Waals surface area contributed by atoms with Gasteiger partial charge in [-0.2, -0.15) is 0 Å². The lowest BCUT2D eigenvalue weighted by molar-refractivity contribution is 0.373. The minimum Gasteiger partial charge on any atom is -0.307 e. The number of nitrogens with one attached hydrogen (secondary N) is 1. The molecule has 2 atom stereocenters. The molecule has 0 aromatic carbocycles. The second-order valence-electron chi connectivity index (χ2n) is 3.47. The highest BCUT2D eigenvalue weighted by Crippen LogP contribution is 2.11. The fraction of sp³-hybridized carbons (Fsp3) is 0.778. The zero-order chi connectivity index (χ0) is 7.56. The standard InChI is InChI=1S/C9H17N/c1-7(2)9-6-4-5-8(3)10-9/h4-5,7-10H,6H2,1-3H3/t8-,9-/m0/s1. The number of hydrogen-bond acceptors (Lipinski definition) is 1. The van der Waals surface area contributed by atoms with Gasteiger partial charge in [0.1, 0.15) is 0 Å². The van der Waals surface area contributed by atoms with Crippen LogP contribution in [0.2, 0.25) is 0 Å². The Labute approximate surface area is 63.5 Å². The second-order valence-corrected chi connectivity index (χ2v) is 3.47. The van der Waals surface area contributed by atoms with Crippen LogP contribution in [0.5, 0.6) is 0 Å². The van der Waals surface area contributed by atoms with Crippen LogP contribution in [0, 0.1) is 5.92 Å². The van der Waals surface area contributed by atoms with Crippen molar-refractivity contribution in [1.29, 1.82) is 0 Å². The minimum absolute atomic E-state index is 0.571. The molecule has 0 unspecified atom stereocenters. The number of hydrogen-bond donors (Lipinski definition) is 1. The van der Waals surface area contributed by atoms with Crippen molar-refractivity contribution in [1.82, 2.24) is 5.32 Å². The van der Waals surface area contributed by atoms with E-state index in [1.54, 1.807) is 0 Å². The van der Waals surface area contributed by atoms with E-state index in [0.29, 0.717) is 12.1 Å². The molecular formula is C9H17N. The molecule has 58 valence electrons. The zero-order valence-electron chi connectivity index (χ0n) is 7.09. The predicted octanol–water partition coefficient (Wildman–Crippen LogP) is 1.95. The summed E-state index contributed by atoms with van der Waals surface area (Å²) >= 11 is 0. The molecule has 0 fully saturated rings. The smallest absolute Gasteiger partial charge is 0.0224 e. The molecule has 0 aromatic heterocycles. The summed E-state index contributed by atoms with van der Waals surface area (Å²) in [6.45, 7) is 6.73. The summed E-state index contributed by atoms with van der Waals surface area (Å²) in [5.41, 5.74) is 0. The van der Waals surface area contributed by atoms with Crippen molar-refractivity contribution in [2.24, 2.45) is 5.92 Å². The van der Waals surface area contributed by atoms with Gasteiger partial charge in [-0.15, -0.1) is 0 Å². The van der Waals surface area contributed by atoms with Crippen molar-refractivity contribution >= 4 is 0 Å². The van der Waals surface area contributed by atoms with Gasteiger partial charge in [0.05, 0.1) is 0 Å². The van der Waals surface area contributed by atoms with E-state index >= 15 is 0 Å². The van der Waals surface area contributed by atoms with Crippen LogP contribution in [0.15, 0.2) is 12.2 Å². The Morgan fingerprint density at radius 1 is 1.50 bits per heavy atom. The Morgan fingerprint density at radius 3 is 2.60 bits per heavy atom. The molecule has 1 aliphatic heterocycles. The van der Waals surface area contributed by atoms with Gasteiger partial charge in [-0.3, -0.25) is 0 Å². The van der Waals surface area contributed by atoms with E-state index in [0.717, 1.165) is 5.92 Å². The maximum Gasteiger partial charge on any atom is 0.0224 e. The molecule has 1 aliphatic rings. The van der Waals surface area contributed by atoms with Crippen molar-refractivity contribution in [2.45, 2.75) is 39.3 Å². The summed E-state index contributed by atoms with van der Waals surface area (Å²) in [4.78, 5) is 0. The SMILES string of the molecule is CC(C)[C@@H]1CC=C[C@H](C)N1. The summed E-state index contributed by atoms with van der Waals surface area (Å²) in [7, 11) is 0. The molecule has 1 heteroatoms. The maximum atomic E-state index is 3.53. The average molecular weight is 139 g/mol. The normalized spacial score (nSPS) is 33.2. The molecule has 0 radical (unpaired) electrons. The van der Waals surface area contributed by atoms with Gasteiger partial charge in [-0.25, -0.2) is 0 Å². The van der Waals surface area contributed by atoms with E-state index in [9.17, 15) is 0 Å². The van der Waals surface area contributed by atoms with Gasteiger partial charge < -0.3 is 5.32 Å². The lowest BCUT2D eigenvalue weighted by Gasteiger charge is -2.27. The first kappa shape index (κ1) is 7.80. The Bertz CT molecular complexity index is 127. The van der Waals surface area contributed by atoms with Gasteiger partial charge in [0, 0.05) is 12.1 Å². The topological polar surface area (TPSA) is 12.0 Å². The van der Waals surface area contributed by atoms with Gasteiger partial charge in [-0.1, -0.05) is 26.0 Å². The van der Waals surface area contributed by atoms with E-state index in [2.05, 4.69) is 38.2 Å². The van der Waals surface area contributed by atoms with Crippen LogP contribution >= 0.6 is 0 Å². The molecule has 1 N–H and O–H groups in total. The molecular weight excluding hydrogens is 122 g/mol. The second kappa shape index (κ2) is 3.20. The fourth-order valence-electron chi connectivity index (χ4n) is 1.36. The monoisotopic (exact) mass is 139 g/mol. The molecule has 0 saturated carbocycles. The van der Waals surface area contributed by atoms with Crippen molar-refractivity contribution in [2.75, 3.05) is 0 Å². The number of rotatable bonds is 1. The quantitative estimate of drug-likeness (QED) is 0.547. The van der Waals surface area contributed by atoms with Crippen molar-refractivity contribution in [3.05, 3.63) is 12.2 Å². The van der Waals surface area contributed by atoms with Crippen molar-refractivity contribution in [3.63, 3.8) is 0 Å². The maximum absolute atomic E-state index is 3.53. The molecule has 0 aliphatic carbocycles. The van der Waals surface area contributed by atoms with Crippen molar-refractivity contribution in [3.8, 4) is 0 Å². The summed E-state index contributed by atoms with van der Waals surface area (Å²) in [5.74, 6) is 0.757. The first-order chi connectivity index (χ1) is 4.70. The summed E-state index contributed by atoms with van der Waals surface area (Å²) in [6, 6.07) is 1.26.